The first-order chi connectivity index (χ1) is 9.19. The van der Waals surface area contributed by atoms with E-state index in [1.165, 1.54) is 34.6 Å². The molecule has 3 aromatic heterocycles. The third-order valence-corrected chi connectivity index (χ3v) is 2.91. The van der Waals surface area contributed by atoms with Gasteiger partial charge in [0.25, 0.3) is 5.78 Å². The Morgan fingerprint density at radius 3 is 2.89 bits per heavy atom. The van der Waals surface area contributed by atoms with E-state index in [0.29, 0.717) is 5.16 Å². The van der Waals surface area contributed by atoms with Crippen LogP contribution in [-0.4, -0.2) is 35.8 Å². The van der Waals surface area contributed by atoms with Gasteiger partial charge in [-0.05, 0) is 18.4 Å². The van der Waals surface area contributed by atoms with Crippen LogP contribution in [0.15, 0.2) is 23.5 Å². The van der Waals surface area contributed by atoms with Crippen LogP contribution in [0.1, 0.15) is 0 Å². The van der Waals surface area contributed by atoms with Crippen LogP contribution in [0.25, 0.3) is 17.3 Å². The lowest BCUT2D eigenvalue weighted by atomic mass is 10.3. The summed E-state index contributed by atoms with van der Waals surface area (Å²) in [5.41, 5.74) is 5.80. The number of rotatable bonds is 2. The van der Waals surface area contributed by atoms with E-state index in [9.17, 15) is 4.39 Å². The SMILES string of the molecule is CSc1nc(N)n2nc(-c3ncccc3F)nc2n1. The number of anilines is 1. The molecule has 0 aliphatic carbocycles. The summed E-state index contributed by atoms with van der Waals surface area (Å²) in [4.78, 5) is 16.2. The summed E-state index contributed by atoms with van der Waals surface area (Å²) in [5, 5.41) is 4.54. The monoisotopic (exact) mass is 277 g/mol. The second-order valence-electron chi connectivity index (χ2n) is 3.55. The molecule has 7 nitrogen and oxygen atoms in total. The van der Waals surface area contributed by atoms with Crippen molar-refractivity contribution in [3.63, 3.8) is 0 Å². The number of thioether (sulfide) groups is 1. The molecule has 96 valence electrons. The number of halogens is 1. The molecule has 0 saturated carbocycles. The van der Waals surface area contributed by atoms with Gasteiger partial charge in [0, 0.05) is 6.20 Å². The lowest BCUT2D eigenvalue weighted by molar-refractivity contribution is 0.624. The van der Waals surface area contributed by atoms with Crippen molar-refractivity contribution in [3.05, 3.63) is 24.1 Å². The zero-order valence-corrected chi connectivity index (χ0v) is 10.6. The van der Waals surface area contributed by atoms with Crippen LogP contribution >= 0.6 is 11.8 Å². The van der Waals surface area contributed by atoms with Gasteiger partial charge in [-0.3, -0.25) is 0 Å². The van der Waals surface area contributed by atoms with Crippen LogP contribution in [0, 0.1) is 5.82 Å². The molecule has 0 radical (unpaired) electrons. The number of nitrogens with zero attached hydrogens (tertiary/aromatic N) is 6. The van der Waals surface area contributed by atoms with Crippen LogP contribution in [0.3, 0.4) is 0 Å². The summed E-state index contributed by atoms with van der Waals surface area (Å²) in [7, 11) is 0. The van der Waals surface area contributed by atoms with Gasteiger partial charge in [0.1, 0.15) is 5.69 Å². The van der Waals surface area contributed by atoms with Gasteiger partial charge < -0.3 is 5.73 Å². The highest BCUT2D eigenvalue weighted by molar-refractivity contribution is 7.98. The molecular weight excluding hydrogens is 269 g/mol. The molecule has 0 fully saturated rings. The lowest BCUT2D eigenvalue weighted by Gasteiger charge is -1.97. The van der Waals surface area contributed by atoms with Crippen LogP contribution in [-0.2, 0) is 0 Å². The van der Waals surface area contributed by atoms with Crippen LogP contribution in [0.2, 0.25) is 0 Å². The number of pyridine rings is 1. The van der Waals surface area contributed by atoms with Gasteiger partial charge in [-0.15, -0.1) is 5.10 Å². The second-order valence-corrected chi connectivity index (χ2v) is 4.32. The van der Waals surface area contributed by atoms with E-state index in [4.69, 9.17) is 5.73 Å². The van der Waals surface area contributed by atoms with E-state index < -0.39 is 5.82 Å². The standard InChI is InChI=1S/C10H8FN7S/c1-19-10-15-8(12)18-9(16-10)14-7(17-18)6-5(11)3-2-4-13-6/h2-4H,1H3,(H2,12,14,15,16,17). The van der Waals surface area contributed by atoms with E-state index in [2.05, 4.69) is 25.0 Å². The third-order valence-electron chi connectivity index (χ3n) is 2.37. The van der Waals surface area contributed by atoms with Crippen molar-refractivity contribution in [2.45, 2.75) is 5.16 Å². The number of hydrogen-bond donors (Lipinski definition) is 1. The molecule has 0 aliphatic heterocycles. The van der Waals surface area contributed by atoms with Gasteiger partial charge in [-0.1, -0.05) is 11.8 Å². The largest absolute Gasteiger partial charge is 0.368 e. The van der Waals surface area contributed by atoms with Gasteiger partial charge in [-0.25, -0.2) is 9.37 Å². The molecule has 2 N–H and O–H groups in total. The van der Waals surface area contributed by atoms with Crippen molar-refractivity contribution in [2.24, 2.45) is 0 Å². The zero-order chi connectivity index (χ0) is 13.4. The Kier molecular flexibility index (Phi) is 2.75. The van der Waals surface area contributed by atoms with Gasteiger partial charge >= 0.3 is 0 Å². The fourth-order valence-corrected chi connectivity index (χ4v) is 1.89. The number of nitrogen functional groups attached to an aromatic ring is 1. The minimum absolute atomic E-state index is 0.0538. The summed E-state index contributed by atoms with van der Waals surface area (Å²) in [5.74, 6) is 0.0220. The molecule has 0 unspecified atom stereocenters. The highest BCUT2D eigenvalue weighted by Gasteiger charge is 2.15. The van der Waals surface area contributed by atoms with Crippen LogP contribution < -0.4 is 5.73 Å². The Labute approximate surface area is 111 Å². The number of hydrogen-bond acceptors (Lipinski definition) is 7. The fraction of sp³-hybridized carbons (Fsp3) is 0.100. The van der Waals surface area contributed by atoms with Gasteiger partial charge in [0.05, 0.1) is 0 Å². The third kappa shape index (κ3) is 1.97. The molecule has 0 bridgehead atoms. The topological polar surface area (TPSA) is 94.9 Å². The molecule has 0 amide bonds. The molecule has 19 heavy (non-hydrogen) atoms. The molecule has 3 aromatic rings. The molecular formula is C10H8FN7S. The minimum atomic E-state index is -0.505. The van der Waals surface area contributed by atoms with Gasteiger partial charge in [-0.2, -0.15) is 19.5 Å². The second kappa shape index (κ2) is 4.43. The first kappa shape index (κ1) is 11.8. The highest BCUT2D eigenvalue weighted by atomic mass is 32.2. The van der Waals surface area contributed by atoms with Crippen molar-refractivity contribution >= 4 is 23.5 Å². The fourth-order valence-electron chi connectivity index (χ4n) is 1.53. The summed E-state index contributed by atoms with van der Waals surface area (Å²) < 4.78 is 14.9. The van der Waals surface area contributed by atoms with Crippen molar-refractivity contribution in [1.82, 2.24) is 29.5 Å². The number of fused-ring (bicyclic) bond motifs is 1. The minimum Gasteiger partial charge on any atom is -0.368 e. The smallest absolute Gasteiger partial charge is 0.258 e. The Morgan fingerprint density at radius 1 is 1.32 bits per heavy atom. The Bertz CT molecular complexity index is 757. The molecule has 0 spiro atoms. The molecule has 0 atom stereocenters. The van der Waals surface area contributed by atoms with Crippen LogP contribution in [0.5, 0.6) is 0 Å². The Morgan fingerprint density at radius 2 is 2.16 bits per heavy atom. The summed E-state index contributed by atoms with van der Waals surface area (Å²) >= 11 is 1.33. The molecule has 9 heteroatoms. The van der Waals surface area contributed by atoms with Gasteiger partial charge in [0.15, 0.2) is 11.0 Å². The lowest BCUT2D eigenvalue weighted by Crippen LogP contribution is -2.04. The average molecular weight is 277 g/mol. The average Bonchev–Trinajstić information content (AvgIpc) is 2.83. The molecule has 0 aliphatic rings. The van der Waals surface area contributed by atoms with Crippen molar-refractivity contribution < 1.29 is 4.39 Å². The summed E-state index contributed by atoms with van der Waals surface area (Å²) in [6, 6.07) is 2.78. The summed E-state index contributed by atoms with van der Waals surface area (Å²) in [6.07, 6.45) is 3.29. The summed E-state index contributed by atoms with van der Waals surface area (Å²) in [6.45, 7) is 0. The van der Waals surface area contributed by atoms with Crippen molar-refractivity contribution in [2.75, 3.05) is 12.0 Å². The zero-order valence-electron chi connectivity index (χ0n) is 9.78. The predicted molar refractivity (Wildman–Crippen MR) is 68.0 cm³/mol. The maximum Gasteiger partial charge on any atom is 0.258 e. The van der Waals surface area contributed by atoms with E-state index in [1.54, 1.807) is 0 Å². The maximum absolute atomic E-state index is 13.6. The van der Waals surface area contributed by atoms with Crippen LogP contribution in [0.4, 0.5) is 10.3 Å². The Balaban J connectivity index is 2.22. The molecule has 3 heterocycles. The predicted octanol–water partition coefficient (Wildman–Crippen LogP) is 1.02. The Hall–Kier alpha value is -2.29. The normalized spacial score (nSPS) is 11.1. The van der Waals surface area contributed by atoms with Crippen molar-refractivity contribution in [1.29, 1.82) is 0 Å². The first-order valence-electron chi connectivity index (χ1n) is 5.24. The number of nitrogens with two attached hydrogens (primary N) is 1. The first-order valence-corrected chi connectivity index (χ1v) is 6.46. The maximum atomic E-state index is 13.6. The van der Waals surface area contributed by atoms with E-state index in [-0.39, 0.29) is 23.2 Å². The number of aromatic nitrogens is 6. The van der Waals surface area contributed by atoms with E-state index in [0.717, 1.165) is 0 Å². The van der Waals surface area contributed by atoms with E-state index >= 15 is 0 Å². The molecule has 3 rings (SSSR count). The highest BCUT2D eigenvalue weighted by Crippen LogP contribution is 2.18. The van der Waals surface area contributed by atoms with Crippen molar-refractivity contribution in [3.8, 4) is 11.5 Å². The molecule has 0 aromatic carbocycles. The molecule has 0 saturated heterocycles. The van der Waals surface area contributed by atoms with E-state index in [1.807, 2.05) is 6.26 Å². The van der Waals surface area contributed by atoms with Gasteiger partial charge in [0.2, 0.25) is 11.8 Å². The quantitative estimate of drug-likeness (QED) is 0.699.